The fourth-order valence-electron chi connectivity index (χ4n) is 7.83. The molecule has 0 radical (unpaired) electrons. The molecule has 4 aromatic heterocycles. The van der Waals surface area contributed by atoms with Crippen molar-refractivity contribution in [1.29, 1.82) is 0 Å². The summed E-state index contributed by atoms with van der Waals surface area (Å²) in [6, 6.07) is 52.6. The molecule has 11 aromatic rings. The van der Waals surface area contributed by atoms with Gasteiger partial charge in [-0.25, -0.2) is 9.97 Å². The fourth-order valence-corrected chi connectivity index (χ4v) is 7.83. The second-order valence-corrected chi connectivity index (χ2v) is 12.2. The molecule has 0 aliphatic heterocycles. The summed E-state index contributed by atoms with van der Waals surface area (Å²) in [6.07, 6.45) is 0. The number of hydrogen-bond acceptors (Lipinski definition) is 2. The van der Waals surface area contributed by atoms with Crippen molar-refractivity contribution in [3.8, 4) is 0 Å². The topological polar surface area (TPSA) is 34.6 Å². The van der Waals surface area contributed by atoms with Crippen molar-refractivity contribution in [3.63, 3.8) is 0 Å². The maximum absolute atomic E-state index is 5.37. The van der Waals surface area contributed by atoms with Crippen molar-refractivity contribution in [1.82, 2.24) is 18.8 Å². The molecule has 7 aromatic carbocycles. The number of fused-ring (bicyclic) bond motifs is 19. The molecule has 46 heavy (non-hydrogen) atoms. The third kappa shape index (κ3) is 3.07. The van der Waals surface area contributed by atoms with Gasteiger partial charge in [0.15, 0.2) is 5.65 Å². The van der Waals surface area contributed by atoms with Crippen LogP contribution in [-0.2, 0) is 0 Å². The zero-order chi connectivity index (χ0) is 29.9. The van der Waals surface area contributed by atoms with Crippen molar-refractivity contribution < 1.29 is 0 Å². The zero-order valence-corrected chi connectivity index (χ0v) is 24.6. The van der Waals surface area contributed by atoms with Gasteiger partial charge in [0.1, 0.15) is 5.65 Å². The Morgan fingerprint density at radius 1 is 0.348 bits per heavy atom. The van der Waals surface area contributed by atoms with Crippen LogP contribution in [0.2, 0.25) is 0 Å². The Bertz CT molecular complexity index is 3150. The van der Waals surface area contributed by atoms with Crippen LogP contribution < -0.4 is 0 Å². The Morgan fingerprint density at radius 2 is 1.02 bits per heavy atom. The summed E-state index contributed by atoms with van der Waals surface area (Å²) in [5.41, 5.74) is 8.30. The van der Waals surface area contributed by atoms with Gasteiger partial charge in [0.25, 0.3) is 0 Å². The smallest absolute Gasteiger partial charge is 0.162 e. The Morgan fingerprint density at radius 3 is 1.91 bits per heavy atom. The molecule has 0 aliphatic carbocycles. The van der Waals surface area contributed by atoms with E-state index in [0.717, 1.165) is 54.9 Å². The van der Waals surface area contributed by atoms with Gasteiger partial charge >= 0.3 is 0 Å². The van der Waals surface area contributed by atoms with Gasteiger partial charge in [-0.15, -0.1) is 0 Å². The van der Waals surface area contributed by atoms with Gasteiger partial charge in [-0.1, -0.05) is 97.1 Å². The van der Waals surface area contributed by atoms with Crippen LogP contribution in [0.3, 0.4) is 0 Å². The lowest BCUT2D eigenvalue weighted by Gasteiger charge is -2.05. The van der Waals surface area contributed by atoms with E-state index in [1.165, 1.54) is 43.4 Å². The highest BCUT2D eigenvalue weighted by Gasteiger charge is 2.18. The third-order valence-corrected chi connectivity index (χ3v) is 9.82. The van der Waals surface area contributed by atoms with E-state index in [9.17, 15) is 0 Å². The van der Waals surface area contributed by atoms with E-state index in [1.807, 2.05) is 0 Å². The lowest BCUT2D eigenvalue weighted by molar-refractivity contribution is 1.25. The summed E-state index contributed by atoms with van der Waals surface area (Å²) in [4.78, 5) is 10.5. The highest BCUT2D eigenvalue weighted by atomic mass is 15.0. The molecule has 6 bridgehead atoms. The van der Waals surface area contributed by atoms with E-state index in [-0.39, 0.29) is 0 Å². The molecule has 4 heterocycles. The minimum Gasteiger partial charge on any atom is -0.309 e. The number of rotatable bonds is 0. The molecule has 0 aliphatic rings. The van der Waals surface area contributed by atoms with Gasteiger partial charge in [-0.2, -0.15) is 0 Å². The van der Waals surface area contributed by atoms with Crippen molar-refractivity contribution in [2.45, 2.75) is 0 Å². The molecule has 0 N–H and O–H groups in total. The van der Waals surface area contributed by atoms with Gasteiger partial charge < -0.3 is 4.40 Å². The largest absolute Gasteiger partial charge is 0.309 e. The summed E-state index contributed by atoms with van der Waals surface area (Å²) in [5.74, 6) is 0. The second kappa shape index (κ2) is 8.68. The predicted octanol–water partition coefficient (Wildman–Crippen LogP) is 10.8. The van der Waals surface area contributed by atoms with Crippen LogP contribution in [-0.4, -0.2) is 18.8 Å². The lowest BCUT2D eigenvalue weighted by atomic mass is 10.0. The van der Waals surface area contributed by atoms with Gasteiger partial charge in [-0.05, 0) is 64.7 Å². The molecule has 0 spiro atoms. The number of nitrogens with zero attached hydrogens (tertiary/aromatic N) is 4. The van der Waals surface area contributed by atoms with Crippen LogP contribution in [0.4, 0.5) is 0 Å². The first-order valence-corrected chi connectivity index (χ1v) is 15.7. The summed E-state index contributed by atoms with van der Waals surface area (Å²) in [5, 5.41) is 11.8. The Hall–Kier alpha value is -6.26. The van der Waals surface area contributed by atoms with E-state index < -0.39 is 0 Å². The second-order valence-electron chi connectivity index (χ2n) is 12.2. The number of hydrogen-bond donors (Lipinski definition) is 0. The van der Waals surface area contributed by atoms with Crippen LogP contribution in [0.1, 0.15) is 0 Å². The minimum atomic E-state index is 0.718. The van der Waals surface area contributed by atoms with Crippen molar-refractivity contribution in [3.05, 3.63) is 146 Å². The van der Waals surface area contributed by atoms with Crippen molar-refractivity contribution in [2.75, 3.05) is 0 Å². The summed E-state index contributed by atoms with van der Waals surface area (Å²) in [6.45, 7) is 0. The van der Waals surface area contributed by atoms with E-state index in [1.54, 1.807) is 0 Å². The molecule has 0 saturated carbocycles. The monoisotopic (exact) mass is 584 g/mol. The van der Waals surface area contributed by atoms with Crippen LogP contribution in [0, 0.1) is 0 Å². The highest BCUT2D eigenvalue weighted by Crippen LogP contribution is 2.41. The van der Waals surface area contributed by atoms with Gasteiger partial charge in [-0.3, -0.25) is 4.40 Å². The van der Waals surface area contributed by atoms with Gasteiger partial charge in [0.05, 0.1) is 33.1 Å². The first-order chi connectivity index (χ1) is 22.8. The molecular formula is C42H24N4. The molecule has 4 nitrogen and oxygen atoms in total. The number of para-hydroxylation sites is 3. The predicted molar refractivity (Wildman–Crippen MR) is 193 cm³/mol. The normalized spacial score (nSPS) is 12.3. The zero-order valence-electron chi connectivity index (χ0n) is 24.6. The van der Waals surface area contributed by atoms with E-state index in [0.29, 0.717) is 0 Å². The minimum absolute atomic E-state index is 0.718. The van der Waals surface area contributed by atoms with Gasteiger partial charge in [0.2, 0.25) is 0 Å². The average molecular weight is 585 g/mol. The van der Waals surface area contributed by atoms with Crippen LogP contribution in [0.25, 0.3) is 98.3 Å². The number of aromatic nitrogens is 4. The Balaban J connectivity index is 1.58. The quantitative estimate of drug-likeness (QED) is 0.178. The Labute approximate surface area is 262 Å². The summed E-state index contributed by atoms with van der Waals surface area (Å²) < 4.78 is 4.82. The van der Waals surface area contributed by atoms with Crippen LogP contribution in [0.15, 0.2) is 146 Å². The summed E-state index contributed by atoms with van der Waals surface area (Å²) >= 11 is 0. The fraction of sp³-hybridized carbons (Fsp3) is 0. The molecule has 11 rings (SSSR count). The summed E-state index contributed by atoms with van der Waals surface area (Å²) in [7, 11) is 0. The van der Waals surface area contributed by atoms with E-state index in [4.69, 9.17) is 9.97 Å². The molecule has 0 fully saturated rings. The first-order valence-electron chi connectivity index (χ1n) is 15.7. The lowest BCUT2D eigenvalue weighted by Crippen LogP contribution is -1.93. The SMILES string of the molecule is c1ccc2c(c1)ccc1c2c2cc3c4ccccc4n4c3cc2n1c1ccccc1c1cccc(c1)c1nc2ccccc2c4n1. The molecule has 0 amide bonds. The number of benzene rings is 7. The molecule has 0 unspecified atom stereocenters. The first kappa shape index (κ1) is 24.1. The van der Waals surface area contributed by atoms with Crippen molar-refractivity contribution in [2.24, 2.45) is 0 Å². The van der Waals surface area contributed by atoms with Crippen LogP contribution in [0.5, 0.6) is 0 Å². The Kier molecular flexibility index (Phi) is 4.55. The third-order valence-electron chi connectivity index (χ3n) is 9.82. The average Bonchev–Trinajstić information content (AvgIpc) is 3.62. The molecule has 0 saturated heterocycles. The molecule has 212 valence electrons. The maximum Gasteiger partial charge on any atom is 0.162 e. The molecule has 0 atom stereocenters. The highest BCUT2D eigenvalue weighted by molar-refractivity contribution is 6.25. The van der Waals surface area contributed by atoms with Gasteiger partial charge in [0, 0.05) is 37.7 Å². The molecule has 4 heteroatoms. The maximum atomic E-state index is 5.37. The van der Waals surface area contributed by atoms with E-state index >= 15 is 0 Å². The van der Waals surface area contributed by atoms with E-state index in [2.05, 4.69) is 154 Å². The van der Waals surface area contributed by atoms with Crippen LogP contribution >= 0.6 is 0 Å². The van der Waals surface area contributed by atoms with Crippen molar-refractivity contribution >= 4 is 98.3 Å². The molecular weight excluding hydrogens is 560 g/mol. The standard InChI is InChI=1S/C42H24N4/c1-2-14-29-25(10-1)20-21-37-40(29)33-23-32-30-15-5-8-19-36(30)46-38(32)24-39(33)45(37)35-18-7-4-13-28(35)26-11-9-12-27(22-26)41-43-34-17-6-3-16-31(34)42(46)44-41/h1-24H.